The Bertz CT molecular complexity index is 717. The second-order valence-electron chi connectivity index (χ2n) is 3.87. The highest BCUT2D eigenvalue weighted by atomic mass is 79.9. The van der Waals surface area contributed by atoms with Crippen LogP contribution in [0.1, 0.15) is 0 Å². The molecule has 0 atom stereocenters. The maximum Gasteiger partial charge on any atom is 0.238 e. The van der Waals surface area contributed by atoms with Crippen molar-refractivity contribution in [3.05, 3.63) is 41.0 Å². The number of aromatic nitrogens is 1. The highest BCUT2D eigenvalue weighted by molar-refractivity contribution is 9.10. The Morgan fingerprint density at radius 1 is 1.32 bits per heavy atom. The van der Waals surface area contributed by atoms with Gasteiger partial charge in [0.05, 0.1) is 4.47 Å². The lowest BCUT2D eigenvalue weighted by Crippen LogP contribution is -2.02. The number of ether oxygens (including phenoxy) is 1. The van der Waals surface area contributed by atoms with Crippen molar-refractivity contribution in [2.75, 3.05) is 12.0 Å². The predicted octanol–water partition coefficient (Wildman–Crippen LogP) is 2.62. The number of rotatable bonds is 3. The molecule has 0 saturated heterocycles. The maximum atomic E-state index is 11.6. The van der Waals surface area contributed by atoms with E-state index >= 15 is 0 Å². The van der Waals surface area contributed by atoms with Gasteiger partial charge < -0.3 is 10.5 Å². The lowest BCUT2D eigenvalue weighted by molar-refractivity contribution is 0.445. The van der Waals surface area contributed by atoms with E-state index in [0.29, 0.717) is 15.9 Å². The molecule has 0 bridgehead atoms. The van der Waals surface area contributed by atoms with Gasteiger partial charge in [0.25, 0.3) is 0 Å². The Morgan fingerprint density at radius 2 is 2.05 bits per heavy atom. The molecule has 0 aliphatic carbocycles. The van der Waals surface area contributed by atoms with E-state index in [9.17, 15) is 8.42 Å². The summed E-state index contributed by atoms with van der Waals surface area (Å²) in [6.45, 7) is 0. The van der Waals surface area contributed by atoms with E-state index in [2.05, 4.69) is 20.9 Å². The van der Waals surface area contributed by atoms with E-state index in [4.69, 9.17) is 10.5 Å². The van der Waals surface area contributed by atoms with Gasteiger partial charge in [0.2, 0.25) is 5.88 Å². The van der Waals surface area contributed by atoms with Crippen LogP contribution in [0, 0.1) is 0 Å². The van der Waals surface area contributed by atoms with Gasteiger partial charge in [0.1, 0.15) is 10.6 Å². The molecule has 0 fully saturated rings. The highest BCUT2D eigenvalue weighted by Gasteiger charge is 2.16. The first-order valence-electron chi connectivity index (χ1n) is 5.26. The molecule has 0 unspecified atom stereocenters. The molecule has 0 aliphatic heterocycles. The first-order chi connectivity index (χ1) is 8.88. The standard InChI is InChI=1S/C12H11BrN2O3S/c1-19(16,17)11-3-2-6-15-12(11)18-10-7-8(14)4-5-9(10)13/h2-7H,14H2,1H3. The van der Waals surface area contributed by atoms with Crippen molar-refractivity contribution in [2.45, 2.75) is 4.90 Å². The Hall–Kier alpha value is -1.60. The molecule has 1 aromatic heterocycles. The molecule has 2 rings (SSSR count). The zero-order valence-electron chi connectivity index (χ0n) is 10.00. The Labute approximate surface area is 119 Å². The topological polar surface area (TPSA) is 82.3 Å². The number of benzene rings is 1. The van der Waals surface area contributed by atoms with Crippen molar-refractivity contribution >= 4 is 31.5 Å². The smallest absolute Gasteiger partial charge is 0.238 e. The van der Waals surface area contributed by atoms with Crippen molar-refractivity contribution < 1.29 is 13.2 Å². The molecular formula is C12H11BrN2O3S. The summed E-state index contributed by atoms with van der Waals surface area (Å²) >= 11 is 3.31. The van der Waals surface area contributed by atoms with Crippen LogP contribution in [0.25, 0.3) is 0 Å². The Balaban J connectivity index is 2.47. The van der Waals surface area contributed by atoms with Crippen molar-refractivity contribution in [3.63, 3.8) is 0 Å². The third kappa shape index (κ3) is 3.24. The minimum absolute atomic E-state index is 0.0244. The third-order valence-electron chi connectivity index (χ3n) is 2.30. The number of pyridine rings is 1. The van der Waals surface area contributed by atoms with Crippen LogP contribution in [-0.4, -0.2) is 19.7 Å². The predicted molar refractivity (Wildman–Crippen MR) is 76.0 cm³/mol. The second-order valence-corrected chi connectivity index (χ2v) is 6.71. The van der Waals surface area contributed by atoms with Crippen LogP contribution in [0.15, 0.2) is 45.9 Å². The van der Waals surface area contributed by atoms with Crippen molar-refractivity contribution in [2.24, 2.45) is 0 Å². The van der Waals surface area contributed by atoms with Gasteiger partial charge in [-0.2, -0.15) is 0 Å². The second kappa shape index (κ2) is 5.18. The van der Waals surface area contributed by atoms with Crippen LogP contribution in [0.3, 0.4) is 0 Å². The lowest BCUT2D eigenvalue weighted by atomic mass is 10.3. The van der Waals surface area contributed by atoms with E-state index in [1.54, 1.807) is 18.2 Å². The third-order valence-corrected chi connectivity index (χ3v) is 4.06. The van der Waals surface area contributed by atoms with Gasteiger partial charge in [0.15, 0.2) is 9.84 Å². The van der Waals surface area contributed by atoms with Gasteiger partial charge >= 0.3 is 0 Å². The number of anilines is 1. The SMILES string of the molecule is CS(=O)(=O)c1cccnc1Oc1cc(N)ccc1Br. The summed E-state index contributed by atoms with van der Waals surface area (Å²) in [5, 5.41) is 0. The van der Waals surface area contributed by atoms with Gasteiger partial charge in [-0.1, -0.05) is 0 Å². The van der Waals surface area contributed by atoms with Crippen molar-refractivity contribution in [1.29, 1.82) is 0 Å². The molecular weight excluding hydrogens is 332 g/mol. The number of sulfone groups is 1. The number of hydrogen-bond donors (Lipinski definition) is 1. The van der Waals surface area contributed by atoms with Crippen LogP contribution in [-0.2, 0) is 9.84 Å². The van der Waals surface area contributed by atoms with E-state index in [1.165, 1.54) is 18.3 Å². The van der Waals surface area contributed by atoms with Gasteiger partial charge in [0, 0.05) is 24.2 Å². The minimum atomic E-state index is -3.41. The fourth-order valence-electron chi connectivity index (χ4n) is 1.44. The van der Waals surface area contributed by atoms with Crippen LogP contribution in [0.5, 0.6) is 11.6 Å². The minimum Gasteiger partial charge on any atom is -0.436 e. The molecule has 0 spiro atoms. The number of nitrogens with zero attached hydrogens (tertiary/aromatic N) is 1. The van der Waals surface area contributed by atoms with Gasteiger partial charge in [-0.3, -0.25) is 0 Å². The molecule has 19 heavy (non-hydrogen) atoms. The molecule has 2 N–H and O–H groups in total. The Kier molecular flexibility index (Phi) is 3.77. The molecule has 2 aromatic rings. The average molecular weight is 343 g/mol. The summed E-state index contributed by atoms with van der Waals surface area (Å²) in [7, 11) is -3.41. The monoisotopic (exact) mass is 342 g/mol. The summed E-state index contributed by atoms with van der Waals surface area (Å²) in [5.41, 5.74) is 6.17. The summed E-state index contributed by atoms with van der Waals surface area (Å²) < 4.78 is 29.5. The van der Waals surface area contributed by atoms with E-state index in [1.807, 2.05) is 0 Å². The quantitative estimate of drug-likeness (QED) is 0.867. The van der Waals surface area contributed by atoms with Gasteiger partial charge in [-0.05, 0) is 40.2 Å². The molecule has 1 heterocycles. The number of nitrogen functional groups attached to an aromatic ring is 1. The fourth-order valence-corrected chi connectivity index (χ4v) is 2.50. The lowest BCUT2D eigenvalue weighted by Gasteiger charge is -2.10. The molecule has 0 saturated carbocycles. The zero-order valence-corrected chi connectivity index (χ0v) is 12.4. The summed E-state index contributed by atoms with van der Waals surface area (Å²) in [4.78, 5) is 3.98. The van der Waals surface area contributed by atoms with Crippen LogP contribution >= 0.6 is 15.9 Å². The first-order valence-corrected chi connectivity index (χ1v) is 7.94. The van der Waals surface area contributed by atoms with Crippen molar-refractivity contribution in [3.8, 4) is 11.6 Å². The summed E-state index contributed by atoms with van der Waals surface area (Å²) in [5.74, 6) is 0.430. The van der Waals surface area contributed by atoms with E-state index < -0.39 is 9.84 Å². The molecule has 5 nitrogen and oxygen atoms in total. The molecule has 0 radical (unpaired) electrons. The molecule has 1 aromatic carbocycles. The average Bonchev–Trinajstić information content (AvgIpc) is 2.33. The molecule has 7 heteroatoms. The zero-order chi connectivity index (χ0) is 14.0. The maximum absolute atomic E-state index is 11.6. The van der Waals surface area contributed by atoms with Crippen LogP contribution in [0.2, 0.25) is 0 Å². The van der Waals surface area contributed by atoms with Gasteiger partial charge in [-0.25, -0.2) is 13.4 Å². The van der Waals surface area contributed by atoms with E-state index in [0.717, 1.165) is 6.26 Å². The first kappa shape index (κ1) is 13.8. The largest absolute Gasteiger partial charge is 0.436 e. The van der Waals surface area contributed by atoms with Crippen LogP contribution < -0.4 is 10.5 Å². The molecule has 100 valence electrons. The summed E-state index contributed by atoms with van der Waals surface area (Å²) in [6.07, 6.45) is 2.56. The molecule has 0 aliphatic rings. The van der Waals surface area contributed by atoms with Gasteiger partial charge in [-0.15, -0.1) is 0 Å². The number of hydrogen-bond acceptors (Lipinski definition) is 5. The fraction of sp³-hybridized carbons (Fsp3) is 0.0833. The normalized spacial score (nSPS) is 11.3. The number of halogens is 1. The van der Waals surface area contributed by atoms with E-state index in [-0.39, 0.29) is 10.8 Å². The number of nitrogens with two attached hydrogens (primary N) is 1. The van der Waals surface area contributed by atoms with Crippen LogP contribution in [0.4, 0.5) is 5.69 Å². The van der Waals surface area contributed by atoms with Crippen molar-refractivity contribution in [1.82, 2.24) is 4.98 Å². The summed E-state index contributed by atoms with van der Waals surface area (Å²) in [6, 6.07) is 7.99. The molecule has 0 amide bonds. The highest BCUT2D eigenvalue weighted by Crippen LogP contribution is 2.33. The Morgan fingerprint density at radius 3 is 2.74 bits per heavy atom.